The lowest BCUT2D eigenvalue weighted by Gasteiger charge is -2.15. The number of benzene rings is 2. The Labute approximate surface area is 221 Å². The number of aliphatic hydroxyl groups excluding tert-OH is 1. The van der Waals surface area contributed by atoms with Gasteiger partial charge in [-0.05, 0) is 59.6 Å². The highest BCUT2D eigenvalue weighted by atomic mass is 79.9. The molecule has 7 nitrogen and oxygen atoms in total. The van der Waals surface area contributed by atoms with Gasteiger partial charge in [-0.3, -0.25) is 4.79 Å². The van der Waals surface area contributed by atoms with Crippen molar-refractivity contribution in [1.82, 2.24) is 0 Å². The molecule has 1 heterocycles. The lowest BCUT2D eigenvalue weighted by molar-refractivity contribution is -0.138. The molecule has 0 spiro atoms. The lowest BCUT2D eigenvalue weighted by atomic mass is 10.1. The first kappa shape index (κ1) is 27.5. The summed E-state index contributed by atoms with van der Waals surface area (Å²) in [6, 6.07) is 9.76. The maximum absolute atomic E-state index is 14.0. The summed E-state index contributed by atoms with van der Waals surface area (Å²) >= 11 is 4.48. The van der Waals surface area contributed by atoms with E-state index < -0.39 is 11.9 Å². The van der Waals surface area contributed by atoms with Crippen LogP contribution in [0.3, 0.4) is 0 Å². The average molecular weight is 578 g/mol. The molecule has 3 rings (SSSR count). The van der Waals surface area contributed by atoms with Crippen molar-refractivity contribution in [2.75, 3.05) is 13.2 Å². The highest BCUT2D eigenvalue weighted by Crippen LogP contribution is 2.42. The van der Waals surface area contributed by atoms with E-state index in [4.69, 9.17) is 14.2 Å². The molecule has 0 unspecified atom stereocenters. The molecule has 2 aromatic carbocycles. The van der Waals surface area contributed by atoms with Crippen LogP contribution >= 0.6 is 27.7 Å². The largest absolute Gasteiger partial charge is 0.506 e. The molecule has 0 aliphatic carbocycles. The van der Waals surface area contributed by atoms with Crippen molar-refractivity contribution >= 4 is 50.7 Å². The van der Waals surface area contributed by atoms with Crippen LogP contribution in [0.25, 0.3) is 6.08 Å². The fourth-order valence-electron chi connectivity index (χ4n) is 3.18. The minimum absolute atomic E-state index is 0.000652. The second-order valence-electron chi connectivity index (χ2n) is 7.36. The molecule has 0 bridgehead atoms. The number of aliphatic hydroxyl groups is 1. The van der Waals surface area contributed by atoms with E-state index in [2.05, 4.69) is 20.9 Å². The zero-order chi connectivity index (χ0) is 26.2. The molecular weight excluding hydrogens is 553 g/mol. The number of aliphatic imine (C=N–C) groups is 1. The molecule has 0 radical (unpaired) electrons. The number of esters is 1. The highest BCUT2D eigenvalue weighted by Gasteiger charge is 2.33. The smallest absolute Gasteiger partial charge is 0.344 e. The van der Waals surface area contributed by atoms with Gasteiger partial charge < -0.3 is 19.3 Å². The molecule has 0 saturated carbocycles. The highest BCUT2D eigenvalue weighted by molar-refractivity contribution is 9.10. The van der Waals surface area contributed by atoms with Crippen LogP contribution in [-0.2, 0) is 20.9 Å². The second kappa shape index (κ2) is 12.7. The van der Waals surface area contributed by atoms with Crippen molar-refractivity contribution in [1.29, 1.82) is 0 Å². The van der Waals surface area contributed by atoms with E-state index in [9.17, 15) is 19.1 Å². The maximum Gasteiger partial charge on any atom is 0.344 e. The number of rotatable bonds is 9. The molecule has 0 saturated heterocycles. The van der Waals surface area contributed by atoms with Crippen LogP contribution in [0.5, 0.6) is 11.5 Å². The fourth-order valence-corrected chi connectivity index (χ4v) is 4.78. The van der Waals surface area contributed by atoms with Gasteiger partial charge in [0.2, 0.25) is 5.91 Å². The van der Waals surface area contributed by atoms with Crippen molar-refractivity contribution in [3.05, 3.63) is 74.1 Å². The van der Waals surface area contributed by atoms with Crippen LogP contribution < -0.4 is 9.47 Å². The van der Waals surface area contributed by atoms with Crippen molar-refractivity contribution < 1.29 is 33.3 Å². The second-order valence-corrected chi connectivity index (χ2v) is 9.25. The predicted octanol–water partition coefficient (Wildman–Crippen LogP) is 6.36. The van der Waals surface area contributed by atoms with Crippen molar-refractivity contribution in [2.24, 2.45) is 4.99 Å². The lowest BCUT2D eigenvalue weighted by Crippen LogP contribution is -2.14. The SMILES string of the molecule is CCOC(=O)C1=C(O)/C(=C/c2cc(Br)c(OCc3ccccc3F)c(OCC)c2)SC1=NC(=O)CC. The number of amides is 1. The molecule has 1 amide bonds. The van der Waals surface area contributed by atoms with E-state index in [0.717, 1.165) is 11.8 Å². The predicted molar refractivity (Wildman–Crippen MR) is 141 cm³/mol. The number of nitrogens with zero attached hydrogens (tertiary/aromatic N) is 1. The molecule has 1 N–H and O–H groups in total. The molecule has 0 atom stereocenters. The Morgan fingerprint density at radius 2 is 1.89 bits per heavy atom. The zero-order valence-electron chi connectivity index (χ0n) is 20.0. The van der Waals surface area contributed by atoms with Gasteiger partial charge in [-0.25, -0.2) is 14.2 Å². The van der Waals surface area contributed by atoms with Crippen LogP contribution in [0.15, 0.2) is 62.1 Å². The van der Waals surface area contributed by atoms with Crippen molar-refractivity contribution in [3.63, 3.8) is 0 Å². The minimum Gasteiger partial charge on any atom is -0.506 e. The maximum atomic E-state index is 14.0. The zero-order valence-corrected chi connectivity index (χ0v) is 22.4. The summed E-state index contributed by atoms with van der Waals surface area (Å²) in [5.74, 6) is -1.08. The van der Waals surface area contributed by atoms with E-state index in [-0.39, 0.29) is 41.8 Å². The number of hydrogen-bond acceptors (Lipinski definition) is 7. The number of halogens is 2. The van der Waals surface area contributed by atoms with Crippen LogP contribution in [0.1, 0.15) is 38.3 Å². The Morgan fingerprint density at radius 1 is 1.14 bits per heavy atom. The summed E-state index contributed by atoms with van der Waals surface area (Å²) in [6.07, 6.45) is 1.78. The van der Waals surface area contributed by atoms with Gasteiger partial charge in [0.25, 0.3) is 0 Å². The summed E-state index contributed by atoms with van der Waals surface area (Å²) in [6.45, 7) is 5.57. The summed E-state index contributed by atoms with van der Waals surface area (Å²) in [5.41, 5.74) is 0.864. The van der Waals surface area contributed by atoms with Crippen LogP contribution in [-0.4, -0.2) is 35.2 Å². The Hall–Kier alpha value is -3.11. The molecular formula is C26H25BrFNO6S. The third-order valence-electron chi connectivity index (χ3n) is 4.86. The third kappa shape index (κ3) is 6.55. The summed E-state index contributed by atoms with van der Waals surface area (Å²) in [7, 11) is 0. The van der Waals surface area contributed by atoms with Crippen LogP contribution in [0, 0.1) is 5.82 Å². The Balaban J connectivity index is 1.97. The Morgan fingerprint density at radius 3 is 2.56 bits per heavy atom. The molecule has 0 aromatic heterocycles. The molecule has 10 heteroatoms. The first-order valence-electron chi connectivity index (χ1n) is 11.2. The normalized spacial score (nSPS) is 15.5. The molecule has 1 aliphatic heterocycles. The van der Waals surface area contributed by atoms with E-state index in [1.807, 2.05) is 6.92 Å². The molecule has 1 aliphatic rings. The van der Waals surface area contributed by atoms with Crippen LogP contribution in [0.4, 0.5) is 4.39 Å². The Bertz CT molecular complexity index is 1260. The fraction of sp³-hybridized carbons (Fsp3) is 0.269. The van der Waals surface area contributed by atoms with Gasteiger partial charge in [-0.15, -0.1) is 0 Å². The summed E-state index contributed by atoms with van der Waals surface area (Å²) < 4.78 is 31.2. The number of hydrogen-bond donors (Lipinski definition) is 1. The third-order valence-corrected chi connectivity index (χ3v) is 6.47. The summed E-state index contributed by atoms with van der Waals surface area (Å²) in [4.78, 5) is 28.6. The number of carbonyl (C=O) groups excluding carboxylic acids is 2. The van der Waals surface area contributed by atoms with Gasteiger partial charge in [0.05, 0.1) is 22.6 Å². The number of thioether (sulfide) groups is 1. The standard InChI is InChI=1S/C26H25BrFNO6S/c1-4-21(30)29-25-22(26(32)34-6-3)23(31)20(36-25)13-15-11-17(27)24(19(12-15)33-5-2)35-14-16-9-7-8-10-18(16)28/h7-13,31H,4-6,14H2,1-3H3/b20-13-,29-25?. The topological polar surface area (TPSA) is 94.4 Å². The first-order chi connectivity index (χ1) is 17.3. The van der Waals surface area contributed by atoms with Gasteiger partial charge in [0.1, 0.15) is 28.8 Å². The van der Waals surface area contributed by atoms with Gasteiger partial charge in [-0.1, -0.05) is 36.9 Å². The van der Waals surface area contributed by atoms with Crippen molar-refractivity contribution in [2.45, 2.75) is 33.8 Å². The van der Waals surface area contributed by atoms with E-state index in [1.54, 1.807) is 50.3 Å². The van der Waals surface area contributed by atoms with Crippen LogP contribution in [0.2, 0.25) is 0 Å². The van der Waals surface area contributed by atoms with Gasteiger partial charge in [-0.2, -0.15) is 0 Å². The molecule has 0 fully saturated rings. The average Bonchev–Trinajstić information content (AvgIpc) is 3.14. The van der Waals surface area contributed by atoms with E-state index in [0.29, 0.717) is 38.6 Å². The molecule has 2 aromatic rings. The van der Waals surface area contributed by atoms with Gasteiger partial charge in [0.15, 0.2) is 11.5 Å². The summed E-state index contributed by atoms with van der Waals surface area (Å²) in [5, 5.41) is 10.9. The quantitative estimate of drug-likeness (QED) is 0.346. The molecule has 36 heavy (non-hydrogen) atoms. The molecule has 190 valence electrons. The van der Waals surface area contributed by atoms with Gasteiger partial charge in [0, 0.05) is 12.0 Å². The van der Waals surface area contributed by atoms with Crippen molar-refractivity contribution in [3.8, 4) is 11.5 Å². The number of carbonyl (C=O) groups is 2. The van der Waals surface area contributed by atoms with Gasteiger partial charge >= 0.3 is 5.97 Å². The Kier molecular flexibility index (Phi) is 9.72. The minimum atomic E-state index is -0.762. The number of ether oxygens (including phenoxy) is 3. The first-order valence-corrected chi connectivity index (χ1v) is 12.8. The van der Waals surface area contributed by atoms with E-state index in [1.165, 1.54) is 6.07 Å². The van der Waals surface area contributed by atoms with E-state index >= 15 is 0 Å². The monoisotopic (exact) mass is 577 g/mol.